The first-order valence-electron chi connectivity index (χ1n) is 4.32. The lowest BCUT2D eigenvalue weighted by atomic mass is 10.4. The third-order valence-corrected chi connectivity index (χ3v) is 2.61. The van der Waals surface area contributed by atoms with Crippen molar-refractivity contribution in [2.45, 2.75) is 13.8 Å². The molecule has 0 aliphatic heterocycles. The Hall–Kier alpha value is -0.910. The minimum absolute atomic E-state index is 0.877. The van der Waals surface area contributed by atoms with Gasteiger partial charge in [0.25, 0.3) is 0 Å². The highest BCUT2D eigenvalue weighted by atomic mass is 127. The molecule has 0 saturated carbocycles. The van der Waals surface area contributed by atoms with Gasteiger partial charge < -0.3 is 0 Å². The van der Waals surface area contributed by atoms with Crippen LogP contribution in [0.1, 0.15) is 11.4 Å². The smallest absolute Gasteiger partial charge is 0.154 e. The maximum absolute atomic E-state index is 4.37. The van der Waals surface area contributed by atoms with Crippen molar-refractivity contribution < 1.29 is 0 Å². The highest BCUT2D eigenvalue weighted by Crippen LogP contribution is 2.12. The number of hydrogen-bond acceptors (Lipinski definition) is 2. The second kappa shape index (κ2) is 3.68. The van der Waals surface area contributed by atoms with Gasteiger partial charge in [0.2, 0.25) is 0 Å². The molecule has 0 aromatic carbocycles. The number of rotatable bonds is 1. The van der Waals surface area contributed by atoms with Crippen LogP contribution in [0.2, 0.25) is 0 Å². The molecule has 0 saturated heterocycles. The largest absolute Gasteiger partial charge is 0.237 e. The van der Waals surface area contributed by atoms with Gasteiger partial charge in [0.15, 0.2) is 5.82 Å². The highest BCUT2D eigenvalue weighted by molar-refractivity contribution is 14.1. The summed E-state index contributed by atoms with van der Waals surface area (Å²) in [5.74, 6) is 0.877. The van der Waals surface area contributed by atoms with Crippen LogP contribution in [-0.4, -0.2) is 14.8 Å². The molecule has 2 rings (SSSR count). The lowest BCUT2D eigenvalue weighted by Gasteiger charge is -2.02. The molecule has 0 N–H and O–H groups in total. The quantitative estimate of drug-likeness (QED) is 0.757. The summed E-state index contributed by atoms with van der Waals surface area (Å²) in [6.45, 7) is 4.01. The molecule has 0 amide bonds. The van der Waals surface area contributed by atoms with E-state index in [1.165, 1.54) is 3.57 Å². The summed E-state index contributed by atoms with van der Waals surface area (Å²) in [7, 11) is 0. The van der Waals surface area contributed by atoms with Crippen LogP contribution in [0.15, 0.2) is 24.4 Å². The molecule has 2 aromatic heterocycles. The fraction of sp³-hybridized carbons (Fsp3) is 0.200. The average Bonchev–Trinajstić information content (AvgIpc) is 2.45. The maximum atomic E-state index is 4.37. The summed E-state index contributed by atoms with van der Waals surface area (Å²) in [4.78, 5) is 4.28. The SMILES string of the molecule is Cc1cc(C)n(-c2cc(I)ccn2)n1. The van der Waals surface area contributed by atoms with Gasteiger partial charge in [-0.1, -0.05) is 0 Å². The molecule has 0 aliphatic rings. The minimum Gasteiger partial charge on any atom is -0.237 e. The van der Waals surface area contributed by atoms with Crippen LogP contribution in [-0.2, 0) is 0 Å². The molecule has 72 valence electrons. The number of hydrogen-bond donors (Lipinski definition) is 0. The van der Waals surface area contributed by atoms with Crippen molar-refractivity contribution in [2.75, 3.05) is 0 Å². The fourth-order valence-corrected chi connectivity index (χ4v) is 1.81. The molecule has 0 unspecified atom stereocenters. The van der Waals surface area contributed by atoms with Gasteiger partial charge in [-0.25, -0.2) is 9.67 Å². The first-order valence-corrected chi connectivity index (χ1v) is 5.40. The van der Waals surface area contributed by atoms with Crippen LogP contribution in [0.4, 0.5) is 0 Å². The zero-order chi connectivity index (χ0) is 10.1. The zero-order valence-electron chi connectivity index (χ0n) is 8.03. The van der Waals surface area contributed by atoms with Crippen LogP contribution >= 0.6 is 22.6 Å². The first kappa shape index (κ1) is 9.64. The first-order chi connectivity index (χ1) is 6.66. The Balaban J connectivity index is 2.54. The lowest BCUT2D eigenvalue weighted by Crippen LogP contribution is -2.01. The van der Waals surface area contributed by atoms with E-state index in [0.29, 0.717) is 0 Å². The third kappa shape index (κ3) is 1.79. The normalized spacial score (nSPS) is 10.5. The highest BCUT2D eigenvalue weighted by Gasteiger charge is 2.04. The second-order valence-corrected chi connectivity index (χ2v) is 4.42. The van der Waals surface area contributed by atoms with Crippen molar-refractivity contribution in [3.8, 4) is 5.82 Å². The minimum atomic E-state index is 0.877. The monoisotopic (exact) mass is 299 g/mol. The number of pyridine rings is 1. The van der Waals surface area contributed by atoms with E-state index in [1.54, 1.807) is 6.20 Å². The Kier molecular flexibility index (Phi) is 2.54. The van der Waals surface area contributed by atoms with Gasteiger partial charge in [-0.2, -0.15) is 5.10 Å². The topological polar surface area (TPSA) is 30.7 Å². The van der Waals surface area contributed by atoms with Crippen LogP contribution in [0.3, 0.4) is 0 Å². The molecule has 0 radical (unpaired) electrons. The van der Waals surface area contributed by atoms with Crippen molar-refractivity contribution >= 4 is 22.6 Å². The van der Waals surface area contributed by atoms with E-state index in [4.69, 9.17) is 0 Å². The third-order valence-electron chi connectivity index (χ3n) is 1.93. The zero-order valence-corrected chi connectivity index (χ0v) is 10.2. The van der Waals surface area contributed by atoms with Gasteiger partial charge in [-0.05, 0) is 54.6 Å². The number of aryl methyl sites for hydroxylation is 2. The van der Waals surface area contributed by atoms with Crippen LogP contribution in [0.5, 0.6) is 0 Å². The van der Waals surface area contributed by atoms with E-state index in [0.717, 1.165) is 17.2 Å². The van der Waals surface area contributed by atoms with E-state index >= 15 is 0 Å². The Labute approximate surface area is 96.3 Å². The van der Waals surface area contributed by atoms with E-state index < -0.39 is 0 Å². The van der Waals surface area contributed by atoms with Crippen molar-refractivity contribution in [3.63, 3.8) is 0 Å². The second-order valence-electron chi connectivity index (χ2n) is 3.17. The van der Waals surface area contributed by atoms with Crippen molar-refractivity contribution in [2.24, 2.45) is 0 Å². The maximum Gasteiger partial charge on any atom is 0.154 e. The molecule has 4 heteroatoms. The molecule has 3 nitrogen and oxygen atoms in total. The van der Waals surface area contributed by atoms with Gasteiger partial charge in [-0.15, -0.1) is 0 Å². The lowest BCUT2D eigenvalue weighted by molar-refractivity contribution is 0.805. The Morgan fingerprint density at radius 3 is 2.64 bits per heavy atom. The molecular weight excluding hydrogens is 289 g/mol. The Morgan fingerprint density at radius 1 is 1.29 bits per heavy atom. The number of halogens is 1. The summed E-state index contributed by atoms with van der Waals surface area (Å²) in [5.41, 5.74) is 2.13. The molecule has 0 fully saturated rings. The van der Waals surface area contributed by atoms with Crippen molar-refractivity contribution in [1.82, 2.24) is 14.8 Å². The average molecular weight is 299 g/mol. The van der Waals surface area contributed by atoms with E-state index in [2.05, 4.69) is 32.7 Å². The van der Waals surface area contributed by atoms with Gasteiger partial charge in [0.05, 0.1) is 5.69 Å². The summed E-state index contributed by atoms with van der Waals surface area (Å²) < 4.78 is 3.03. The number of nitrogens with zero attached hydrogens (tertiary/aromatic N) is 3. The van der Waals surface area contributed by atoms with Gasteiger partial charge in [0, 0.05) is 15.5 Å². The summed E-state index contributed by atoms with van der Waals surface area (Å²) in [6.07, 6.45) is 1.80. The number of aromatic nitrogens is 3. The molecule has 0 aliphatic carbocycles. The Morgan fingerprint density at radius 2 is 2.07 bits per heavy atom. The van der Waals surface area contributed by atoms with E-state index in [9.17, 15) is 0 Å². The van der Waals surface area contributed by atoms with Gasteiger partial charge in [-0.3, -0.25) is 0 Å². The molecule has 14 heavy (non-hydrogen) atoms. The molecule has 0 atom stereocenters. The van der Waals surface area contributed by atoms with Gasteiger partial charge >= 0.3 is 0 Å². The summed E-state index contributed by atoms with van der Waals surface area (Å²) in [5, 5.41) is 4.37. The predicted octanol–water partition coefficient (Wildman–Crippen LogP) is 2.49. The van der Waals surface area contributed by atoms with Crippen LogP contribution in [0, 0.1) is 17.4 Å². The summed E-state index contributed by atoms with van der Waals surface area (Å²) in [6, 6.07) is 6.03. The van der Waals surface area contributed by atoms with Crippen molar-refractivity contribution in [1.29, 1.82) is 0 Å². The Bertz CT molecular complexity index is 462. The molecule has 2 aromatic rings. The summed E-state index contributed by atoms with van der Waals surface area (Å²) >= 11 is 2.27. The molecule has 0 spiro atoms. The van der Waals surface area contributed by atoms with Gasteiger partial charge in [0.1, 0.15) is 0 Å². The van der Waals surface area contributed by atoms with Crippen molar-refractivity contribution in [3.05, 3.63) is 39.4 Å². The molecule has 2 heterocycles. The van der Waals surface area contributed by atoms with Crippen LogP contribution < -0.4 is 0 Å². The molecular formula is C10H10IN3. The van der Waals surface area contributed by atoms with E-state index in [-0.39, 0.29) is 0 Å². The molecule has 0 bridgehead atoms. The fourth-order valence-electron chi connectivity index (χ4n) is 1.37. The van der Waals surface area contributed by atoms with Crippen LogP contribution in [0.25, 0.3) is 5.82 Å². The van der Waals surface area contributed by atoms with E-state index in [1.807, 2.05) is 36.7 Å². The predicted molar refractivity (Wildman–Crippen MR) is 63.6 cm³/mol. The standard InChI is InChI=1S/C10H10IN3/c1-7-5-8(2)14(13-7)10-6-9(11)3-4-12-10/h3-6H,1-2H3.